The zero-order chi connectivity index (χ0) is 11.4. The van der Waals surface area contributed by atoms with Gasteiger partial charge in [0.05, 0.1) is 0 Å². The van der Waals surface area contributed by atoms with Crippen molar-refractivity contribution < 1.29 is 0 Å². The minimum absolute atomic E-state index is 0.146. The zero-order valence-corrected chi connectivity index (χ0v) is 10.8. The van der Waals surface area contributed by atoms with E-state index in [-0.39, 0.29) is 6.04 Å². The van der Waals surface area contributed by atoms with E-state index in [1.165, 1.54) is 41.9 Å². The van der Waals surface area contributed by atoms with E-state index in [0.29, 0.717) is 0 Å². The summed E-state index contributed by atoms with van der Waals surface area (Å²) in [4.78, 5) is 1.38. The second-order valence-corrected chi connectivity index (χ2v) is 5.85. The quantitative estimate of drug-likeness (QED) is 0.799. The van der Waals surface area contributed by atoms with Crippen LogP contribution in [-0.4, -0.2) is 5.75 Å². The summed E-state index contributed by atoms with van der Waals surface area (Å²) < 4.78 is 0. The third kappa shape index (κ3) is 3.02. The Morgan fingerprint density at radius 2 is 2.00 bits per heavy atom. The largest absolute Gasteiger partial charge is 0.324 e. The summed E-state index contributed by atoms with van der Waals surface area (Å²) in [5, 5.41) is 0. The number of nitrogens with two attached hydrogens (primary N) is 1. The third-order valence-corrected chi connectivity index (χ3v) is 4.68. The number of hydrogen-bond donors (Lipinski definition) is 1. The van der Waals surface area contributed by atoms with Gasteiger partial charge in [-0.05, 0) is 37.3 Å². The average Bonchev–Trinajstić information content (AvgIpc) is 2.79. The number of benzene rings is 1. The van der Waals surface area contributed by atoms with Crippen molar-refractivity contribution in [3.8, 4) is 0 Å². The standard InChI is InChI=1S/C14H21NS/c1-11(15)13-8-4-5-9-14(13)16-10-12-6-2-3-7-12/h4-5,8-9,11-12H,2-3,6-7,10,15H2,1H3. The van der Waals surface area contributed by atoms with E-state index in [0.717, 1.165) is 5.92 Å². The molecule has 0 heterocycles. The molecule has 1 unspecified atom stereocenters. The van der Waals surface area contributed by atoms with Crippen molar-refractivity contribution in [1.29, 1.82) is 0 Å². The van der Waals surface area contributed by atoms with Crippen molar-refractivity contribution in [2.45, 2.75) is 43.5 Å². The van der Waals surface area contributed by atoms with Crippen molar-refractivity contribution in [1.82, 2.24) is 0 Å². The van der Waals surface area contributed by atoms with E-state index in [1.807, 2.05) is 11.8 Å². The second kappa shape index (κ2) is 5.74. The molecule has 1 fully saturated rings. The van der Waals surface area contributed by atoms with Gasteiger partial charge in [0.1, 0.15) is 0 Å². The highest BCUT2D eigenvalue weighted by molar-refractivity contribution is 7.99. The van der Waals surface area contributed by atoms with Gasteiger partial charge < -0.3 is 5.73 Å². The lowest BCUT2D eigenvalue weighted by atomic mass is 10.1. The van der Waals surface area contributed by atoms with Gasteiger partial charge in [-0.3, -0.25) is 0 Å². The number of thioether (sulfide) groups is 1. The van der Waals surface area contributed by atoms with Crippen molar-refractivity contribution in [3.63, 3.8) is 0 Å². The molecule has 0 amide bonds. The van der Waals surface area contributed by atoms with Crippen LogP contribution in [0.5, 0.6) is 0 Å². The summed E-state index contributed by atoms with van der Waals surface area (Å²) in [5.41, 5.74) is 7.28. The molecule has 1 nitrogen and oxygen atoms in total. The number of hydrogen-bond acceptors (Lipinski definition) is 2. The smallest absolute Gasteiger partial charge is 0.0277 e. The molecule has 0 saturated heterocycles. The van der Waals surface area contributed by atoms with Crippen molar-refractivity contribution in [3.05, 3.63) is 29.8 Å². The Morgan fingerprint density at radius 1 is 1.31 bits per heavy atom. The molecule has 1 saturated carbocycles. The number of rotatable bonds is 4. The Kier molecular flexibility index (Phi) is 4.30. The van der Waals surface area contributed by atoms with Gasteiger partial charge in [-0.2, -0.15) is 0 Å². The zero-order valence-electron chi connectivity index (χ0n) is 9.99. The Balaban J connectivity index is 1.97. The predicted octanol–water partition coefficient (Wildman–Crippen LogP) is 3.99. The second-order valence-electron chi connectivity index (χ2n) is 4.79. The van der Waals surface area contributed by atoms with Gasteiger partial charge in [-0.15, -0.1) is 11.8 Å². The summed E-state index contributed by atoms with van der Waals surface area (Å²) in [5.74, 6) is 2.20. The van der Waals surface area contributed by atoms with E-state index in [4.69, 9.17) is 5.73 Å². The Hall–Kier alpha value is -0.470. The molecule has 16 heavy (non-hydrogen) atoms. The molecule has 0 radical (unpaired) electrons. The Morgan fingerprint density at radius 3 is 2.69 bits per heavy atom. The lowest BCUT2D eigenvalue weighted by Crippen LogP contribution is -2.06. The molecule has 1 aromatic carbocycles. The first-order valence-electron chi connectivity index (χ1n) is 6.24. The molecule has 1 aliphatic carbocycles. The Bertz CT molecular complexity index is 329. The molecule has 1 aromatic rings. The fourth-order valence-electron chi connectivity index (χ4n) is 2.37. The van der Waals surface area contributed by atoms with E-state index in [1.54, 1.807) is 0 Å². The van der Waals surface area contributed by atoms with E-state index < -0.39 is 0 Å². The molecule has 0 bridgehead atoms. The lowest BCUT2D eigenvalue weighted by Gasteiger charge is -2.14. The van der Waals surface area contributed by atoms with Gasteiger partial charge in [0.25, 0.3) is 0 Å². The third-order valence-electron chi connectivity index (χ3n) is 3.36. The molecule has 0 spiro atoms. The average molecular weight is 235 g/mol. The van der Waals surface area contributed by atoms with Crippen molar-refractivity contribution in [2.75, 3.05) is 5.75 Å². The normalized spacial score (nSPS) is 18.9. The van der Waals surface area contributed by atoms with E-state index >= 15 is 0 Å². The molecule has 0 aromatic heterocycles. The highest BCUT2D eigenvalue weighted by Gasteiger charge is 2.16. The van der Waals surface area contributed by atoms with Gasteiger partial charge in [-0.1, -0.05) is 31.0 Å². The molecular weight excluding hydrogens is 214 g/mol. The van der Waals surface area contributed by atoms with Crippen LogP contribution in [0.4, 0.5) is 0 Å². The highest BCUT2D eigenvalue weighted by atomic mass is 32.2. The lowest BCUT2D eigenvalue weighted by molar-refractivity contribution is 0.623. The SMILES string of the molecule is CC(N)c1ccccc1SCC1CCCC1. The molecule has 2 heteroatoms. The first kappa shape index (κ1) is 12.0. The fraction of sp³-hybridized carbons (Fsp3) is 0.571. The van der Waals surface area contributed by atoms with Crippen LogP contribution >= 0.6 is 11.8 Å². The minimum Gasteiger partial charge on any atom is -0.324 e. The van der Waals surface area contributed by atoms with E-state index in [2.05, 4.69) is 31.2 Å². The van der Waals surface area contributed by atoms with Crippen LogP contribution < -0.4 is 5.73 Å². The highest BCUT2D eigenvalue weighted by Crippen LogP contribution is 2.33. The molecule has 88 valence electrons. The Labute approximate surface area is 103 Å². The van der Waals surface area contributed by atoms with Gasteiger partial charge in [0.2, 0.25) is 0 Å². The van der Waals surface area contributed by atoms with E-state index in [9.17, 15) is 0 Å². The monoisotopic (exact) mass is 235 g/mol. The van der Waals surface area contributed by atoms with Gasteiger partial charge >= 0.3 is 0 Å². The minimum atomic E-state index is 0.146. The first-order chi connectivity index (χ1) is 7.77. The van der Waals surface area contributed by atoms with Gasteiger partial charge in [-0.25, -0.2) is 0 Å². The fourth-order valence-corrected chi connectivity index (χ4v) is 3.72. The first-order valence-corrected chi connectivity index (χ1v) is 7.23. The maximum absolute atomic E-state index is 5.98. The summed E-state index contributed by atoms with van der Waals surface area (Å²) in [6, 6.07) is 8.70. The molecule has 1 atom stereocenters. The summed E-state index contributed by atoms with van der Waals surface area (Å²) in [7, 11) is 0. The van der Waals surface area contributed by atoms with Gasteiger partial charge in [0, 0.05) is 16.7 Å². The predicted molar refractivity (Wildman–Crippen MR) is 71.7 cm³/mol. The molecule has 2 rings (SSSR count). The summed E-state index contributed by atoms with van der Waals surface area (Å²) in [6.45, 7) is 2.06. The van der Waals surface area contributed by atoms with Gasteiger partial charge in [0.15, 0.2) is 0 Å². The maximum atomic E-state index is 5.98. The van der Waals surface area contributed by atoms with Crippen LogP contribution in [0.3, 0.4) is 0 Å². The van der Waals surface area contributed by atoms with Crippen LogP contribution in [0, 0.1) is 5.92 Å². The molecular formula is C14H21NS. The van der Waals surface area contributed by atoms with Crippen LogP contribution in [0.2, 0.25) is 0 Å². The summed E-state index contributed by atoms with van der Waals surface area (Å²) >= 11 is 1.99. The van der Waals surface area contributed by atoms with Crippen molar-refractivity contribution >= 4 is 11.8 Å². The topological polar surface area (TPSA) is 26.0 Å². The molecule has 1 aliphatic rings. The summed E-state index contributed by atoms with van der Waals surface area (Å²) in [6.07, 6.45) is 5.71. The molecule has 0 aliphatic heterocycles. The maximum Gasteiger partial charge on any atom is 0.0277 e. The van der Waals surface area contributed by atoms with Crippen LogP contribution in [0.25, 0.3) is 0 Å². The van der Waals surface area contributed by atoms with Crippen molar-refractivity contribution in [2.24, 2.45) is 11.7 Å². The van der Waals surface area contributed by atoms with Crippen LogP contribution in [0.15, 0.2) is 29.2 Å². The van der Waals surface area contributed by atoms with Crippen LogP contribution in [-0.2, 0) is 0 Å². The molecule has 2 N–H and O–H groups in total. The van der Waals surface area contributed by atoms with Crippen LogP contribution in [0.1, 0.15) is 44.2 Å².